The van der Waals surface area contributed by atoms with Crippen molar-refractivity contribution in [2.45, 2.75) is 6.92 Å². The van der Waals surface area contributed by atoms with Gasteiger partial charge in [0.2, 0.25) is 0 Å². The summed E-state index contributed by atoms with van der Waals surface area (Å²) in [6, 6.07) is 14.4. The van der Waals surface area contributed by atoms with Gasteiger partial charge in [0.25, 0.3) is 0 Å². The average molecular weight is 229 g/mol. The van der Waals surface area contributed by atoms with Gasteiger partial charge in [-0.1, -0.05) is 0 Å². The average Bonchev–Trinajstić information content (AvgIpc) is 2.35. The van der Waals surface area contributed by atoms with Crippen LogP contribution < -0.4 is 10.1 Å². The Kier molecular flexibility index (Phi) is 3.50. The van der Waals surface area contributed by atoms with E-state index in [1.807, 2.05) is 24.3 Å². The van der Waals surface area contributed by atoms with E-state index in [0.29, 0.717) is 5.75 Å². The second-order valence-electron chi connectivity index (χ2n) is 3.65. The normalized spacial score (nSPS) is 9.94. The Morgan fingerprint density at radius 3 is 2.00 bits per heavy atom. The van der Waals surface area contributed by atoms with Gasteiger partial charge in [-0.05, 0) is 55.5 Å². The van der Waals surface area contributed by atoms with Crippen molar-refractivity contribution in [2.24, 2.45) is 0 Å². The van der Waals surface area contributed by atoms with Gasteiger partial charge in [-0.25, -0.2) is 0 Å². The summed E-state index contributed by atoms with van der Waals surface area (Å²) >= 11 is 0. The van der Waals surface area contributed by atoms with Crippen molar-refractivity contribution in [1.29, 1.82) is 0 Å². The van der Waals surface area contributed by atoms with Crippen molar-refractivity contribution in [3.63, 3.8) is 0 Å². The van der Waals surface area contributed by atoms with Crippen molar-refractivity contribution in [1.82, 2.24) is 0 Å². The number of hydrogen-bond donors (Lipinski definition) is 2. The molecule has 3 heteroatoms. The van der Waals surface area contributed by atoms with Crippen LogP contribution in [0.4, 0.5) is 5.69 Å². The molecule has 0 bridgehead atoms. The van der Waals surface area contributed by atoms with Gasteiger partial charge in [-0.2, -0.15) is 0 Å². The van der Waals surface area contributed by atoms with E-state index in [-0.39, 0.29) is 5.75 Å². The lowest BCUT2D eigenvalue weighted by atomic mass is 10.3. The Morgan fingerprint density at radius 2 is 1.47 bits per heavy atom. The molecule has 0 aliphatic rings. The number of anilines is 1. The number of benzene rings is 2. The van der Waals surface area contributed by atoms with Gasteiger partial charge < -0.3 is 15.2 Å². The van der Waals surface area contributed by atoms with E-state index in [4.69, 9.17) is 9.84 Å². The summed E-state index contributed by atoms with van der Waals surface area (Å²) in [6.45, 7) is 2.96. The molecule has 88 valence electrons. The molecule has 2 N–H and O–H groups in total. The van der Waals surface area contributed by atoms with Crippen LogP contribution in [0, 0.1) is 0 Å². The maximum absolute atomic E-state index is 9.15. The number of nitrogens with one attached hydrogen (secondary N) is 1. The van der Waals surface area contributed by atoms with Crippen molar-refractivity contribution in [2.75, 3.05) is 11.9 Å². The maximum atomic E-state index is 9.15. The lowest BCUT2D eigenvalue weighted by Crippen LogP contribution is -1.95. The zero-order valence-electron chi connectivity index (χ0n) is 9.68. The summed E-state index contributed by atoms with van der Waals surface area (Å²) in [5.41, 5.74) is 1.07. The number of rotatable bonds is 4. The second-order valence-corrected chi connectivity index (χ2v) is 3.65. The summed E-state index contributed by atoms with van der Waals surface area (Å²) in [5, 5.41) is 12.4. The number of hydrogen-bond acceptors (Lipinski definition) is 3. The van der Waals surface area contributed by atoms with Gasteiger partial charge in [0.1, 0.15) is 17.2 Å². The van der Waals surface area contributed by atoms with E-state index in [0.717, 1.165) is 18.0 Å². The van der Waals surface area contributed by atoms with E-state index in [1.165, 1.54) is 0 Å². The quantitative estimate of drug-likeness (QED) is 0.841. The minimum atomic E-state index is 0.236. The number of phenolic OH excluding ortho intramolecular Hbond substituents is 1. The molecule has 0 aliphatic heterocycles. The molecule has 0 atom stereocenters. The van der Waals surface area contributed by atoms with Crippen molar-refractivity contribution >= 4 is 5.69 Å². The van der Waals surface area contributed by atoms with E-state index in [2.05, 4.69) is 12.2 Å². The second kappa shape index (κ2) is 5.25. The third-order valence-electron chi connectivity index (χ3n) is 2.31. The highest BCUT2D eigenvalue weighted by Crippen LogP contribution is 2.24. The Morgan fingerprint density at radius 1 is 0.941 bits per heavy atom. The molecule has 0 unspecified atom stereocenters. The minimum Gasteiger partial charge on any atom is -0.508 e. The fourth-order valence-corrected chi connectivity index (χ4v) is 1.50. The predicted molar refractivity (Wildman–Crippen MR) is 68.8 cm³/mol. The largest absolute Gasteiger partial charge is 0.508 e. The van der Waals surface area contributed by atoms with E-state index < -0.39 is 0 Å². The van der Waals surface area contributed by atoms with Crippen molar-refractivity contribution in [3.8, 4) is 17.2 Å². The Balaban J connectivity index is 2.05. The van der Waals surface area contributed by atoms with Crippen LogP contribution in [-0.4, -0.2) is 11.7 Å². The van der Waals surface area contributed by atoms with Gasteiger partial charge in [-0.3, -0.25) is 0 Å². The van der Waals surface area contributed by atoms with Gasteiger partial charge in [0.05, 0.1) is 0 Å². The molecule has 2 rings (SSSR count). The smallest absolute Gasteiger partial charge is 0.127 e. The monoisotopic (exact) mass is 229 g/mol. The standard InChI is InChI=1S/C14H15NO2/c1-2-15-11-3-7-13(8-4-11)17-14-9-5-12(16)6-10-14/h3-10,15-16H,2H2,1H3. The van der Waals surface area contributed by atoms with E-state index in [1.54, 1.807) is 24.3 Å². The molecular weight excluding hydrogens is 214 g/mol. The molecule has 0 aromatic heterocycles. The van der Waals surface area contributed by atoms with E-state index in [9.17, 15) is 0 Å². The summed E-state index contributed by atoms with van der Waals surface area (Å²) in [6.07, 6.45) is 0. The SMILES string of the molecule is CCNc1ccc(Oc2ccc(O)cc2)cc1. The summed E-state index contributed by atoms with van der Waals surface area (Å²) in [4.78, 5) is 0. The molecule has 3 nitrogen and oxygen atoms in total. The van der Waals surface area contributed by atoms with Crippen LogP contribution in [0.5, 0.6) is 17.2 Å². The summed E-state index contributed by atoms with van der Waals surface area (Å²) in [5.74, 6) is 1.72. The van der Waals surface area contributed by atoms with Crippen molar-refractivity contribution < 1.29 is 9.84 Å². The first-order valence-corrected chi connectivity index (χ1v) is 5.59. The molecule has 0 fully saturated rings. The number of phenols is 1. The fourth-order valence-electron chi connectivity index (χ4n) is 1.50. The maximum Gasteiger partial charge on any atom is 0.127 e. The summed E-state index contributed by atoms with van der Waals surface area (Å²) in [7, 11) is 0. The van der Waals surface area contributed by atoms with Gasteiger partial charge >= 0.3 is 0 Å². The molecule has 0 amide bonds. The first-order chi connectivity index (χ1) is 8.28. The Hall–Kier alpha value is -2.16. The molecule has 0 aliphatic carbocycles. The molecular formula is C14H15NO2. The van der Waals surface area contributed by atoms with Crippen LogP contribution in [0.15, 0.2) is 48.5 Å². The molecule has 17 heavy (non-hydrogen) atoms. The predicted octanol–water partition coefficient (Wildman–Crippen LogP) is 3.62. The van der Waals surface area contributed by atoms with E-state index >= 15 is 0 Å². The third-order valence-corrected chi connectivity index (χ3v) is 2.31. The molecule has 0 saturated carbocycles. The molecule has 0 radical (unpaired) electrons. The van der Waals surface area contributed by atoms with Crippen LogP contribution in [0.25, 0.3) is 0 Å². The van der Waals surface area contributed by atoms with Gasteiger partial charge in [-0.15, -0.1) is 0 Å². The zero-order chi connectivity index (χ0) is 12.1. The molecule has 0 saturated heterocycles. The highest BCUT2D eigenvalue weighted by atomic mass is 16.5. The Bertz CT molecular complexity index is 463. The first-order valence-electron chi connectivity index (χ1n) is 5.59. The molecule has 2 aromatic rings. The third kappa shape index (κ3) is 3.14. The number of aromatic hydroxyl groups is 1. The first kappa shape index (κ1) is 11.3. The highest BCUT2D eigenvalue weighted by molar-refractivity contribution is 5.47. The fraction of sp³-hybridized carbons (Fsp3) is 0.143. The lowest BCUT2D eigenvalue weighted by molar-refractivity contribution is 0.464. The molecule has 2 aromatic carbocycles. The van der Waals surface area contributed by atoms with Crippen LogP contribution in [0.2, 0.25) is 0 Å². The van der Waals surface area contributed by atoms with Crippen LogP contribution >= 0.6 is 0 Å². The van der Waals surface area contributed by atoms with Gasteiger partial charge in [0, 0.05) is 12.2 Å². The zero-order valence-corrected chi connectivity index (χ0v) is 9.68. The minimum absolute atomic E-state index is 0.236. The number of ether oxygens (including phenoxy) is 1. The van der Waals surface area contributed by atoms with Crippen LogP contribution in [-0.2, 0) is 0 Å². The lowest BCUT2D eigenvalue weighted by Gasteiger charge is -2.07. The van der Waals surface area contributed by atoms with Gasteiger partial charge in [0.15, 0.2) is 0 Å². The van der Waals surface area contributed by atoms with Crippen LogP contribution in [0.1, 0.15) is 6.92 Å². The summed E-state index contributed by atoms with van der Waals surface area (Å²) < 4.78 is 5.63. The highest BCUT2D eigenvalue weighted by Gasteiger charge is 1.97. The topological polar surface area (TPSA) is 41.5 Å². The van der Waals surface area contributed by atoms with Crippen LogP contribution in [0.3, 0.4) is 0 Å². The molecule has 0 heterocycles. The van der Waals surface area contributed by atoms with Crippen molar-refractivity contribution in [3.05, 3.63) is 48.5 Å². The Labute approximate surface area is 101 Å². The molecule has 0 spiro atoms.